The summed E-state index contributed by atoms with van der Waals surface area (Å²) < 4.78 is 0. The Morgan fingerprint density at radius 2 is 1.80 bits per heavy atom. The molecule has 2 heterocycles. The topological polar surface area (TPSA) is 79.4 Å². The van der Waals surface area contributed by atoms with Crippen LogP contribution in [0.15, 0.2) is 53.9 Å². The van der Waals surface area contributed by atoms with E-state index in [0.717, 1.165) is 40.2 Å². The smallest absolute Gasteiger partial charge is 0.275 e. The molecule has 0 radical (unpaired) electrons. The Bertz CT molecular complexity index is 1200. The monoisotopic (exact) mass is 489 g/mol. The van der Waals surface area contributed by atoms with Gasteiger partial charge in [-0.15, -0.1) is 11.3 Å². The maximum atomic E-state index is 13.0. The summed E-state index contributed by atoms with van der Waals surface area (Å²) in [5.74, 6) is 0.281. The number of nitrogens with one attached hydrogen (secondary N) is 1. The molecule has 0 unspecified atom stereocenters. The zero-order valence-corrected chi connectivity index (χ0v) is 21.1. The molecule has 0 atom stereocenters. The van der Waals surface area contributed by atoms with E-state index in [4.69, 9.17) is 0 Å². The minimum Gasteiger partial charge on any atom is -0.343 e. The molecule has 1 aliphatic rings. The number of Topliss-reactive ketones (excluding diaryl/α,β-unsaturated/α-hetero) is 1. The second kappa shape index (κ2) is 11.4. The Labute approximate surface area is 210 Å². The second-order valence-electron chi connectivity index (χ2n) is 9.15. The minimum atomic E-state index is -0.216. The molecule has 0 spiro atoms. The van der Waals surface area contributed by atoms with Crippen LogP contribution in [0.2, 0.25) is 0 Å². The van der Waals surface area contributed by atoms with Crippen molar-refractivity contribution in [2.24, 2.45) is 0 Å². The van der Waals surface area contributed by atoms with Gasteiger partial charge in [0.05, 0.1) is 5.01 Å². The molecule has 2 amide bonds. The summed E-state index contributed by atoms with van der Waals surface area (Å²) in [6, 6.07) is 16.0. The van der Waals surface area contributed by atoms with E-state index >= 15 is 0 Å². The lowest BCUT2D eigenvalue weighted by molar-refractivity contribution is -0.132. The van der Waals surface area contributed by atoms with Crippen LogP contribution in [0.5, 0.6) is 0 Å². The number of ketones is 1. The number of thiazole rings is 1. The average Bonchev–Trinajstić information content (AvgIpc) is 3.36. The van der Waals surface area contributed by atoms with Crippen LogP contribution in [0.1, 0.15) is 66.0 Å². The summed E-state index contributed by atoms with van der Waals surface area (Å²) in [5, 5.41) is 5.82. The minimum absolute atomic E-state index is 0.122. The number of benzene rings is 2. The van der Waals surface area contributed by atoms with Gasteiger partial charge in [-0.05, 0) is 50.8 Å². The highest BCUT2D eigenvalue weighted by Gasteiger charge is 2.26. The van der Waals surface area contributed by atoms with Gasteiger partial charge in [0.1, 0.15) is 11.5 Å². The van der Waals surface area contributed by atoms with Crippen LogP contribution >= 0.6 is 11.3 Å². The third-order valence-electron chi connectivity index (χ3n) is 6.38. The van der Waals surface area contributed by atoms with Gasteiger partial charge in [0, 0.05) is 48.5 Å². The van der Waals surface area contributed by atoms with Gasteiger partial charge >= 0.3 is 0 Å². The summed E-state index contributed by atoms with van der Waals surface area (Å²) in [4.78, 5) is 43.0. The number of carbonyl (C=O) groups is 3. The number of likely N-dealkylation sites (tertiary alicyclic amines) is 1. The molecule has 1 fully saturated rings. The molecule has 1 saturated heterocycles. The van der Waals surface area contributed by atoms with E-state index < -0.39 is 0 Å². The molecule has 1 aliphatic heterocycles. The van der Waals surface area contributed by atoms with Gasteiger partial charge < -0.3 is 15.0 Å². The van der Waals surface area contributed by atoms with Crippen molar-refractivity contribution >= 4 is 34.6 Å². The molecule has 0 aliphatic carbocycles. The first-order valence-corrected chi connectivity index (χ1v) is 13.0. The number of carbonyl (C=O) groups excluding carboxylic acids is 3. The van der Waals surface area contributed by atoms with Crippen molar-refractivity contribution < 1.29 is 14.4 Å². The highest BCUT2D eigenvalue weighted by molar-refractivity contribution is 7.10. The van der Waals surface area contributed by atoms with Crippen molar-refractivity contribution in [1.82, 2.24) is 9.88 Å². The van der Waals surface area contributed by atoms with Gasteiger partial charge in [-0.3, -0.25) is 9.59 Å². The summed E-state index contributed by atoms with van der Waals surface area (Å²) >= 11 is 1.51. The molecule has 6 nitrogen and oxygen atoms in total. The number of aromatic nitrogens is 1. The first-order chi connectivity index (χ1) is 16.9. The average molecular weight is 490 g/mol. The molecule has 0 saturated carbocycles. The zero-order chi connectivity index (χ0) is 24.8. The SMILES string of the molecule is CC(=O)CCCC(=O)N1CCC(c2nc(C(=O)Nc3ccc(C)cc3-c3ccccc3)cs2)CC1. The fraction of sp³-hybridized carbons (Fsp3) is 0.357. The van der Waals surface area contributed by atoms with Gasteiger partial charge in [0.15, 0.2) is 0 Å². The first-order valence-electron chi connectivity index (χ1n) is 12.1. The quantitative estimate of drug-likeness (QED) is 0.431. The van der Waals surface area contributed by atoms with Crippen LogP contribution < -0.4 is 5.32 Å². The molecule has 1 aromatic heterocycles. The predicted molar refractivity (Wildman–Crippen MR) is 140 cm³/mol. The number of rotatable bonds is 8. The molecule has 35 heavy (non-hydrogen) atoms. The Kier molecular flexibility index (Phi) is 8.08. The third-order valence-corrected chi connectivity index (χ3v) is 7.39. The van der Waals surface area contributed by atoms with Gasteiger partial charge in [-0.1, -0.05) is 42.0 Å². The Morgan fingerprint density at radius 3 is 2.51 bits per heavy atom. The summed E-state index contributed by atoms with van der Waals surface area (Å²) in [6.45, 7) is 4.97. The lowest BCUT2D eigenvalue weighted by Gasteiger charge is -2.31. The van der Waals surface area contributed by atoms with Crippen molar-refractivity contribution in [3.8, 4) is 11.1 Å². The largest absolute Gasteiger partial charge is 0.343 e. The van der Waals surface area contributed by atoms with E-state index in [-0.39, 0.29) is 23.5 Å². The van der Waals surface area contributed by atoms with Crippen molar-refractivity contribution in [2.45, 2.75) is 51.9 Å². The fourth-order valence-corrected chi connectivity index (χ4v) is 5.38. The van der Waals surface area contributed by atoms with Crippen LogP contribution in [-0.4, -0.2) is 40.6 Å². The maximum absolute atomic E-state index is 13.0. The van der Waals surface area contributed by atoms with Crippen LogP contribution in [-0.2, 0) is 9.59 Å². The number of piperidine rings is 1. The first kappa shape index (κ1) is 24.8. The number of anilines is 1. The lowest BCUT2D eigenvalue weighted by atomic mass is 9.97. The molecule has 3 aromatic rings. The highest BCUT2D eigenvalue weighted by atomic mass is 32.1. The number of hydrogen-bond donors (Lipinski definition) is 1. The Balaban J connectivity index is 1.36. The molecule has 4 rings (SSSR count). The van der Waals surface area contributed by atoms with E-state index in [1.165, 1.54) is 11.3 Å². The van der Waals surface area contributed by atoms with Crippen molar-refractivity contribution in [3.63, 3.8) is 0 Å². The molecule has 2 aromatic carbocycles. The standard InChI is InChI=1S/C28H31N3O3S/c1-19-11-12-24(23(17-19)21-8-4-3-5-9-21)29-27(34)25-18-35-28(30-25)22-13-15-31(16-14-22)26(33)10-6-7-20(2)32/h3-5,8-9,11-12,17-18,22H,6-7,10,13-16H2,1-2H3,(H,29,34). The van der Waals surface area contributed by atoms with Crippen molar-refractivity contribution in [1.29, 1.82) is 0 Å². The molecular formula is C28H31N3O3S. The lowest BCUT2D eigenvalue weighted by Crippen LogP contribution is -2.37. The van der Waals surface area contributed by atoms with E-state index in [9.17, 15) is 14.4 Å². The highest BCUT2D eigenvalue weighted by Crippen LogP contribution is 2.32. The fourth-order valence-electron chi connectivity index (χ4n) is 4.41. The normalized spacial score (nSPS) is 14.1. The van der Waals surface area contributed by atoms with Crippen LogP contribution in [0.3, 0.4) is 0 Å². The summed E-state index contributed by atoms with van der Waals surface area (Å²) in [7, 11) is 0. The molecule has 182 valence electrons. The maximum Gasteiger partial charge on any atom is 0.275 e. The van der Waals surface area contributed by atoms with Crippen LogP contribution in [0, 0.1) is 6.92 Å². The zero-order valence-electron chi connectivity index (χ0n) is 20.3. The molecule has 7 heteroatoms. The van der Waals surface area contributed by atoms with Gasteiger partial charge in [0.25, 0.3) is 5.91 Å². The molecule has 0 bridgehead atoms. The number of aryl methyl sites for hydroxylation is 1. The van der Waals surface area contributed by atoms with Gasteiger partial charge in [-0.2, -0.15) is 0 Å². The number of amides is 2. The van der Waals surface area contributed by atoms with Crippen LogP contribution in [0.4, 0.5) is 5.69 Å². The number of hydrogen-bond acceptors (Lipinski definition) is 5. The van der Waals surface area contributed by atoms with Gasteiger partial charge in [0.2, 0.25) is 5.91 Å². The van der Waals surface area contributed by atoms with Crippen molar-refractivity contribution in [3.05, 3.63) is 70.2 Å². The van der Waals surface area contributed by atoms with E-state index in [2.05, 4.69) is 16.4 Å². The summed E-state index contributed by atoms with van der Waals surface area (Å²) in [5.41, 5.74) is 4.34. The van der Waals surface area contributed by atoms with E-state index in [0.29, 0.717) is 38.0 Å². The summed E-state index contributed by atoms with van der Waals surface area (Å²) in [6.07, 6.45) is 3.18. The number of nitrogens with zero attached hydrogens (tertiary/aromatic N) is 2. The molecular weight excluding hydrogens is 458 g/mol. The van der Waals surface area contributed by atoms with E-state index in [1.807, 2.05) is 59.7 Å². The Morgan fingerprint density at radius 1 is 1.06 bits per heavy atom. The van der Waals surface area contributed by atoms with Crippen molar-refractivity contribution in [2.75, 3.05) is 18.4 Å². The third kappa shape index (κ3) is 6.42. The second-order valence-corrected chi connectivity index (χ2v) is 10.0. The van der Waals surface area contributed by atoms with Gasteiger partial charge in [-0.25, -0.2) is 4.98 Å². The Hall–Kier alpha value is -3.32. The predicted octanol–water partition coefficient (Wildman–Crippen LogP) is 5.84. The van der Waals surface area contributed by atoms with E-state index in [1.54, 1.807) is 6.92 Å². The van der Waals surface area contributed by atoms with Crippen LogP contribution in [0.25, 0.3) is 11.1 Å². The molecule has 1 N–H and O–H groups in total.